The summed E-state index contributed by atoms with van der Waals surface area (Å²) in [6.45, 7) is 2.30. The summed E-state index contributed by atoms with van der Waals surface area (Å²) in [4.78, 5) is 11.5. The predicted molar refractivity (Wildman–Crippen MR) is 79.0 cm³/mol. The number of methoxy groups -OCH3 is 1. The van der Waals surface area contributed by atoms with Crippen molar-refractivity contribution in [2.75, 3.05) is 20.3 Å². The lowest BCUT2D eigenvalue weighted by atomic mass is 10.2. The van der Waals surface area contributed by atoms with Crippen LogP contribution in [0.15, 0.2) is 29.2 Å². The molecule has 21 heavy (non-hydrogen) atoms. The molecule has 1 aromatic carbocycles. The zero-order valence-electron chi connectivity index (χ0n) is 12.1. The molecule has 8 heteroatoms. The van der Waals surface area contributed by atoms with Gasteiger partial charge in [-0.05, 0) is 24.6 Å². The van der Waals surface area contributed by atoms with Crippen LogP contribution in [0.5, 0.6) is 0 Å². The summed E-state index contributed by atoms with van der Waals surface area (Å²) in [6, 6.07) is 5.75. The van der Waals surface area contributed by atoms with E-state index in [4.69, 9.17) is 10.5 Å². The van der Waals surface area contributed by atoms with Gasteiger partial charge in [-0.25, -0.2) is 13.1 Å². The monoisotopic (exact) mass is 315 g/mol. The highest BCUT2D eigenvalue weighted by Gasteiger charge is 2.14. The SMILES string of the molecule is COCCNS(=O)(=O)c1cccc(CNC(=O)[C@@H](C)N)c1. The first-order valence-electron chi connectivity index (χ1n) is 6.47. The van der Waals surface area contributed by atoms with E-state index in [1.807, 2.05) is 0 Å². The van der Waals surface area contributed by atoms with E-state index in [0.717, 1.165) is 0 Å². The molecule has 1 rings (SSSR count). The molecular weight excluding hydrogens is 294 g/mol. The molecule has 0 fully saturated rings. The van der Waals surface area contributed by atoms with Gasteiger partial charge in [0.2, 0.25) is 15.9 Å². The van der Waals surface area contributed by atoms with Crippen LogP contribution in [0, 0.1) is 0 Å². The molecule has 0 aliphatic rings. The average Bonchev–Trinajstić information content (AvgIpc) is 2.45. The fourth-order valence-electron chi connectivity index (χ4n) is 1.53. The summed E-state index contributed by atoms with van der Waals surface area (Å²) < 4.78 is 31.3. The van der Waals surface area contributed by atoms with Crippen molar-refractivity contribution in [1.82, 2.24) is 10.0 Å². The first-order chi connectivity index (χ1) is 9.86. The largest absolute Gasteiger partial charge is 0.383 e. The van der Waals surface area contributed by atoms with Crippen molar-refractivity contribution in [1.29, 1.82) is 0 Å². The Balaban J connectivity index is 2.73. The average molecular weight is 315 g/mol. The van der Waals surface area contributed by atoms with Gasteiger partial charge in [0.15, 0.2) is 0 Å². The number of sulfonamides is 1. The summed E-state index contributed by atoms with van der Waals surface area (Å²) >= 11 is 0. The van der Waals surface area contributed by atoms with E-state index >= 15 is 0 Å². The molecule has 0 saturated heterocycles. The predicted octanol–water partition coefficient (Wildman–Crippen LogP) is -0.425. The molecule has 0 bridgehead atoms. The number of ether oxygens (including phenoxy) is 1. The van der Waals surface area contributed by atoms with Crippen LogP contribution in [-0.2, 0) is 26.1 Å². The third kappa shape index (κ3) is 5.80. The van der Waals surface area contributed by atoms with E-state index in [9.17, 15) is 13.2 Å². The maximum Gasteiger partial charge on any atom is 0.240 e. The smallest absolute Gasteiger partial charge is 0.240 e. The summed E-state index contributed by atoms with van der Waals surface area (Å²) in [5, 5.41) is 2.63. The molecule has 0 aliphatic carbocycles. The van der Waals surface area contributed by atoms with E-state index in [-0.39, 0.29) is 23.9 Å². The zero-order valence-corrected chi connectivity index (χ0v) is 12.9. The second-order valence-corrected chi connectivity index (χ2v) is 6.31. The Morgan fingerprint density at radius 2 is 2.14 bits per heavy atom. The van der Waals surface area contributed by atoms with E-state index in [1.165, 1.54) is 19.2 Å². The Labute approximate surface area is 124 Å². The van der Waals surface area contributed by atoms with Gasteiger partial charge in [0, 0.05) is 20.2 Å². The van der Waals surface area contributed by atoms with Crippen molar-refractivity contribution in [3.8, 4) is 0 Å². The fourth-order valence-corrected chi connectivity index (χ4v) is 2.62. The van der Waals surface area contributed by atoms with Crippen LogP contribution in [0.2, 0.25) is 0 Å². The van der Waals surface area contributed by atoms with Crippen LogP contribution in [0.3, 0.4) is 0 Å². The Morgan fingerprint density at radius 3 is 2.76 bits per heavy atom. The second kappa shape index (κ2) is 8.08. The Kier molecular flexibility index (Phi) is 6.76. The molecule has 1 amide bonds. The molecule has 0 saturated carbocycles. The van der Waals surface area contributed by atoms with Gasteiger partial charge in [0.1, 0.15) is 0 Å². The number of hydrogen-bond acceptors (Lipinski definition) is 5. The lowest BCUT2D eigenvalue weighted by molar-refractivity contribution is -0.122. The van der Waals surface area contributed by atoms with Crippen LogP contribution >= 0.6 is 0 Å². The van der Waals surface area contributed by atoms with Gasteiger partial charge in [-0.15, -0.1) is 0 Å². The summed E-state index contributed by atoms with van der Waals surface area (Å²) in [5.41, 5.74) is 6.12. The minimum Gasteiger partial charge on any atom is -0.383 e. The van der Waals surface area contributed by atoms with E-state index in [0.29, 0.717) is 12.2 Å². The number of amides is 1. The van der Waals surface area contributed by atoms with Crippen molar-refractivity contribution in [2.24, 2.45) is 5.73 Å². The quantitative estimate of drug-likeness (QED) is 0.564. The number of hydrogen-bond donors (Lipinski definition) is 3. The Hall–Kier alpha value is -1.48. The van der Waals surface area contributed by atoms with Gasteiger partial charge in [-0.3, -0.25) is 4.79 Å². The number of nitrogens with one attached hydrogen (secondary N) is 2. The number of nitrogens with two attached hydrogens (primary N) is 1. The number of carbonyl (C=O) groups is 1. The van der Waals surface area contributed by atoms with E-state index < -0.39 is 16.1 Å². The molecule has 0 aromatic heterocycles. The molecule has 1 atom stereocenters. The van der Waals surface area contributed by atoms with Gasteiger partial charge in [0.05, 0.1) is 17.5 Å². The van der Waals surface area contributed by atoms with Gasteiger partial charge in [-0.1, -0.05) is 12.1 Å². The Bertz CT molecular complexity index is 573. The third-order valence-electron chi connectivity index (χ3n) is 2.69. The minimum atomic E-state index is -3.58. The van der Waals surface area contributed by atoms with Crippen molar-refractivity contribution in [3.63, 3.8) is 0 Å². The van der Waals surface area contributed by atoms with Crippen LogP contribution in [-0.4, -0.2) is 40.6 Å². The van der Waals surface area contributed by atoms with Gasteiger partial charge in [-0.2, -0.15) is 0 Å². The first-order valence-corrected chi connectivity index (χ1v) is 7.96. The molecule has 118 valence electrons. The highest BCUT2D eigenvalue weighted by Crippen LogP contribution is 2.11. The van der Waals surface area contributed by atoms with Crippen LogP contribution in [0.1, 0.15) is 12.5 Å². The number of rotatable bonds is 8. The highest BCUT2D eigenvalue weighted by molar-refractivity contribution is 7.89. The maximum absolute atomic E-state index is 12.0. The summed E-state index contributed by atoms with van der Waals surface area (Å²) in [5.74, 6) is -0.290. The van der Waals surface area contributed by atoms with Crippen LogP contribution < -0.4 is 15.8 Å². The normalized spacial score (nSPS) is 12.9. The van der Waals surface area contributed by atoms with Crippen molar-refractivity contribution >= 4 is 15.9 Å². The molecule has 1 aromatic rings. The topological polar surface area (TPSA) is 111 Å². The van der Waals surface area contributed by atoms with Gasteiger partial charge >= 0.3 is 0 Å². The first kappa shape index (κ1) is 17.6. The lowest BCUT2D eigenvalue weighted by Gasteiger charge is -2.10. The molecule has 0 spiro atoms. The van der Waals surface area contributed by atoms with Crippen molar-refractivity contribution in [2.45, 2.75) is 24.4 Å². The standard InChI is InChI=1S/C13H21N3O4S/c1-10(14)13(17)15-9-11-4-3-5-12(8-11)21(18,19)16-6-7-20-2/h3-5,8,10,16H,6-7,9,14H2,1-2H3,(H,15,17)/t10-/m1/s1. The highest BCUT2D eigenvalue weighted by atomic mass is 32.2. The fraction of sp³-hybridized carbons (Fsp3) is 0.462. The minimum absolute atomic E-state index is 0.145. The van der Waals surface area contributed by atoms with E-state index in [2.05, 4.69) is 10.0 Å². The van der Waals surface area contributed by atoms with Crippen LogP contribution in [0.25, 0.3) is 0 Å². The number of benzene rings is 1. The Morgan fingerprint density at radius 1 is 1.43 bits per heavy atom. The summed E-state index contributed by atoms with van der Waals surface area (Å²) in [6.07, 6.45) is 0. The van der Waals surface area contributed by atoms with E-state index in [1.54, 1.807) is 19.1 Å². The lowest BCUT2D eigenvalue weighted by Crippen LogP contribution is -2.37. The van der Waals surface area contributed by atoms with Gasteiger partial charge < -0.3 is 15.8 Å². The molecule has 0 radical (unpaired) electrons. The molecule has 7 nitrogen and oxygen atoms in total. The maximum atomic E-state index is 12.0. The van der Waals surface area contributed by atoms with Gasteiger partial charge in [0.25, 0.3) is 0 Å². The molecule has 0 aliphatic heterocycles. The zero-order chi connectivity index (χ0) is 15.9. The molecular formula is C13H21N3O4S. The van der Waals surface area contributed by atoms with Crippen molar-refractivity contribution in [3.05, 3.63) is 29.8 Å². The number of carbonyl (C=O) groups excluding carboxylic acids is 1. The van der Waals surface area contributed by atoms with Crippen LogP contribution in [0.4, 0.5) is 0 Å². The molecule has 4 N–H and O–H groups in total. The summed E-state index contributed by atoms with van der Waals surface area (Å²) in [7, 11) is -2.08. The molecule has 0 heterocycles. The second-order valence-electron chi connectivity index (χ2n) is 4.54. The van der Waals surface area contributed by atoms with Crippen molar-refractivity contribution < 1.29 is 17.9 Å². The molecule has 0 unspecified atom stereocenters. The third-order valence-corrected chi connectivity index (χ3v) is 4.15.